The van der Waals surface area contributed by atoms with Crippen LogP contribution in [0, 0.1) is 5.41 Å². The fraction of sp³-hybridized carbons (Fsp3) is 0.429. The normalized spacial score (nSPS) is 18.4. The van der Waals surface area contributed by atoms with Crippen molar-refractivity contribution in [2.45, 2.75) is 20.3 Å². The minimum atomic E-state index is -0.944. The Labute approximate surface area is 107 Å². The van der Waals surface area contributed by atoms with Gasteiger partial charge >= 0.3 is 5.97 Å². The second kappa shape index (κ2) is 4.80. The van der Waals surface area contributed by atoms with Crippen LogP contribution < -0.4 is 4.90 Å². The van der Waals surface area contributed by atoms with E-state index < -0.39 is 5.97 Å². The maximum atomic E-state index is 10.4. The smallest absolute Gasteiger partial charge is 0.328 e. The van der Waals surface area contributed by atoms with Crippen LogP contribution in [0.3, 0.4) is 0 Å². The van der Waals surface area contributed by atoms with E-state index in [1.807, 2.05) is 12.1 Å². The van der Waals surface area contributed by atoms with Gasteiger partial charge in [-0.3, -0.25) is 0 Å². The number of pyridine rings is 1. The second-order valence-corrected chi connectivity index (χ2v) is 5.46. The summed E-state index contributed by atoms with van der Waals surface area (Å²) < 4.78 is 0. The zero-order chi connectivity index (χ0) is 13.2. The second-order valence-electron chi connectivity index (χ2n) is 5.46. The Hall–Kier alpha value is -1.84. The summed E-state index contributed by atoms with van der Waals surface area (Å²) in [6, 6.07) is 3.84. The number of hydrogen-bond acceptors (Lipinski definition) is 3. The van der Waals surface area contributed by atoms with Crippen LogP contribution in [0.5, 0.6) is 0 Å². The molecular formula is C14H18N2O2. The quantitative estimate of drug-likeness (QED) is 0.832. The molecule has 1 aliphatic heterocycles. The van der Waals surface area contributed by atoms with Crippen LogP contribution in [0.15, 0.2) is 24.4 Å². The van der Waals surface area contributed by atoms with Crippen molar-refractivity contribution in [2.75, 3.05) is 18.0 Å². The molecule has 0 saturated carbocycles. The molecule has 0 unspecified atom stereocenters. The van der Waals surface area contributed by atoms with Gasteiger partial charge in [0.25, 0.3) is 0 Å². The maximum absolute atomic E-state index is 10.4. The summed E-state index contributed by atoms with van der Waals surface area (Å²) >= 11 is 0. The molecule has 0 aliphatic carbocycles. The van der Waals surface area contributed by atoms with Crippen molar-refractivity contribution in [2.24, 2.45) is 5.41 Å². The van der Waals surface area contributed by atoms with E-state index in [2.05, 4.69) is 23.7 Å². The average molecular weight is 246 g/mol. The number of anilines is 1. The summed E-state index contributed by atoms with van der Waals surface area (Å²) in [6.45, 7) is 6.57. The van der Waals surface area contributed by atoms with Crippen molar-refractivity contribution in [3.05, 3.63) is 30.0 Å². The van der Waals surface area contributed by atoms with Crippen LogP contribution in [0.2, 0.25) is 0 Å². The van der Waals surface area contributed by atoms with E-state index in [-0.39, 0.29) is 0 Å². The predicted molar refractivity (Wildman–Crippen MR) is 71.5 cm³/mol. The van der Waals surface area contributed by atoms with Crippen LogP contribution in [0.4, 0.5) is 5.82 Å². The third-order valence-corrected chi connectivity index (χ3v) is 3.19. The first-order valence-electron chi connectivity index (χ1n) is 6.08. The highest BCUT2D eigenvalue weighted by atomic mass is 16.4. The van der Waals surface area contributed by atoms with Gasteiger partial charge in [-0.2, -0.15) is 0 Å². The van der Waals surface area contributed by atoms with Crippen molar-refractivity contribution in [1.29, 1.82) is 0 Å². The Bertz CT molecular complexity index is 463. The third-order valence-electron chi connectivity index (χ3n) is 3.19. The van der Waals surface area contributed by atoms with E-state index >= 15 is 0 Å². The lowest BCUT2D eigenvalue weighted by molar-refractivity contribution is -0.131. The zero-order valence-corrected chi connectivity index (χ0v) is 10.8. The molecule has 4 nitrogen and oxygen atoms in total. The number of carbonyl (C=O) groups is 1. The first-order valence-corrected chi connectivity index (χ1v) is 6.08. The molecule has 0 radical (unpaired) electrons. The Morgan fingerprint density at radius 1 is 1.50 bits per heavy atom. The molecule has 96 valence electrons. The molecule has 1 aromatic rings. The zero-order valence-electron chi connectivity index (χ0n) is 10.8. The summed E-state index contributed by atoms with van der Waals surface area (Å²) in [5.74, 6) is 0.0217. The minimum absolute atomic E-state index is 0.351. The largest absolute Gasteiger partial charge is 0.478 e. The number of aromatic nitrogens is 1. The molecule has 0 atom stereocenters. The van der Waals surface area contributed by atoms with E-state index in [1.165, 1.54) is 6.42 Å². The Morgan fingerprint density at radius 3 is 2.78 bits per heavy atom. The first-order chi connectivity index (χ1) is 8.46. The van der Waals surface area contributed by atoms with E-state index in [4.69, 9.17) is 5.11 Å². The van der Waals surface area contributed by atoms with Gasteiger partial charge in [-0.1, -0.05) is 13.8 Å². The highest BCUT2D eigenvalue weighted by Crippen LogP contribution is 2.31. The lowest BCUT2D eigenvalue weighted by Crippen LogP contribution is -2.23. The monoisotopic (exact) mass is 246 g/mol. The number of aliphatic carboxylic acids is 1. The average Bonchev–Trinajstić information content (AvgIpc) is 2.68. The lowest BCUT2D eigenvalue weighted by atomic mass is 9.93. The third kappa shape index (κ3) is 3.09. The summed E-state index contributed by atoms with van der Waals surface area (Å²) in [4.78, 5) is 17.1. The summed E-state index contributed by atoms with van der Waals surface area (Å²) in [7, 11) is 0. The molecule has 1 aromatic heterocycles. The number of carboxylic acids is 1. The molecule has 0 bridgehead atoms. The van der Waals surface area contributed by atoms with E-state index in [0.29, 0.717) is 5.41 Å². The van der Waals surface area contributed by atoms with Crippen LogP contribution in [0.1, 0.15) is 25.8 Å². The molecule has 2 rings (SSSR count). The predicted octanol–water partition coefficient (Wildman–Crippen LogP) is 2.42. The maximum Gasteiger partial charge on any atom is 0.328 e. The SMILES string of the molecule is CC1(C)CCN(c2ccc(/C=C/C(=O)O)cn2)C1. The molecule has 0 amide bonds. The van der Waals surface area contributed by atoms with E-state index in [1.54, 1.807) is 12.3 Å². The summed E-state index contributed by atoms with van der Waals surface area (Å²) in [6.07, 6.45) is 5.55. The first kappa shape index (κ1) is 12.6. The minimum Gasteiger partial charge on any atom is -0.478 e. The molecule has 4 heteroatoms. The molecule has 1 aliphatic rings. The van der Waals surface area contributed by atoms with Crippen molar-refractivity contribution < 1.29 is 9.90 Å². The Kier molecular flexibility index (Phi) is 3.36. The van der Waals surface area contributed by atoms with Crippen molar-refractivity contribution in [1.82, 2.24) is 4.98 Å². The number of carboxylic acid groups (broad SMARTS) is 1. The Morgan fingerprint density at radius 2 is 2.28 bits per heavy atom. The summed E-state index contributed by atoms with van der Waals surface area (Å²) in [5.41, 5.74) is 1.16. The highest BCUT2D eigenvalue weighted by Gasteiger charge is 2.29. The molecule has 2 heterocycles. The van der Waals surface area contributed by atoms with Gasteiger partial charge in [0.2, 0.25) is 0 Å². The molecule has 0 aromatic carbocycles. The van der Waals surface area contributed by atoms with Gasteiger partial charge in [-0.25, -0.2) is 9.78 Å². The molecule has 18 heavy (non-hydrogen) atoms. The standard InChI is InChI=1S/C14H18N2O2/c1-14(2)7-8-16(10-14)12-5-3-11(9-15-12)4-6-13(17)18/h3-6,9H,7-8,10H2,1-2H3,(H,17,18)/b6-4+. The number of rotatable bonds is 3. The van der Waals surface area contributed by atoms with Crippen molar-refractivity contribution >= 4 is 17.9 Å². The van der Waals surface area contributed by atoms with Gasteiger partial charge in [0.1, 0.15) is 5.82 Å². The Balaban J connectivity index is 2.06. The van der Waals surface area contributed by atoms with Crippen LogP contribution in [-0.4, -0.2) is 29.1 Å². The van der Waals surface area contributed by atoms with Gasteiger partial charge in [-0.05, 0) is 35.6 Å². The molecule has 1 fully saturated rings. The van der Waals surface area contributed by atoms with Gasteiger partial charge < -0.3 is 10.0 Å². The van der Waals surface area contributed by atoms with Gasteiger partial charge in [0.05, 0.1) is 0 Å². The van der Waals surface area contributed by atoms with Crippen LogP contribution >= 0.6 is 0 Å². The van der Waals surface area contributed by atoms with E-state index in [0.717, 1.165) is 30.5 Å². The fourth-order valence-corrected chi connectivity index (χ4v) is 2.16. The topological polar surface area (TPSA) is 53.4 Å². The molecular weight excluding hydrogens is 228 g/mol. The molecule has 0 spiro atoms. The fourth-order valence-electron chi connectivity index (χ4n) is 2.16. The van der Waals surface area contributed by atoms with Crippen LogP contribution in [-0.2, 0) is 4.79 Å². The number of nitrogens with zero attached hydrogens (tertiary/aromatic N) is 2. The van der Waals surface area contributed by atoms with Crippen molar-refractivity contribution in [3.8, 4) is 0 Å². The molecule has 1 N–H and O–H groups in total. The molecule has 1 saturated heterocycles. The highest BCUT2D eigenvalue weighted by molar-refractivity contribution is 5.85. The lowest BCUT2D eigenvalue weighted by Gasteiger charge is -2.20. The van der Waals surface area contributed by atoms with E-state index in [9.17, 15) is 4.79 Å². The van der Waals surface area contributed by atoms with Gasteiger partial charge in [0, 0.05) is 25.4 Å². The van der Waals surface area contributed by atoms with Crippen LogP contribution in [0.25, 0.3) is 6.08 Å². The van der Waals surface area contributed by atoms with Crippen molar-refractivity contribution in [3.63, 3.8) is 0 Å². The summed E-state index contributed by atoms with van der Waals surface area (Å²) in [5, 5.41) is 8.54. The van der Waals surface area contributed by atoms with Gasteiger partial charge in [0.15, 0.2) is 0 Å². The van der Waals surface area contributed by atoms with Gasteiger partial charge in [-0.15, -0.1) is 0 Å². The number of hydrogen-bond donors (Lipinski definition) is 1.